The lowest BCUT2D eigenvalue weighted by Crippen LogP contribution is -2.65. The molecule has 2 heterocycles. The fourth-order valence-electron chi connectivity index (χ4n) is 4.77. The lowest BCUT2D eigenvalue weighted by atomic mass is 9.40. The van der Waals surface area contributed by atoms with Gasteiger partial charge in [0.2, 0.25) is 11.8 Å². The van der Waals surface area contributed by atoms with E-state index >= 15 is 0 Å². The average molecular weight is 608 g/mol. The number of H-pyrrole nitrogens is 1. The average Bonchev–Trinajstić information content (AvgIpc) is 3.43. The van der Waals surface area contributed by atoms with Gasteiger partial charge in [0.25, 0.3) is 0 Å². The van der Waals surface area contributed by atoms with E-state index < -0.39 is 29.0 Å². The molecular weight excluding hydrogens is 584 g/mol. The number of fused-ring (bicyclic) bond motifs is 1. The van der Waals surface area contributed by atoms with Crippen molar-refractivity contribution in [2.45, 2.75) is 23.1 Å². The molecule has 1 amide bonds. The zero-order chi connectivity index (χ0) is 33.5. The highest BCUT2D eigenvalue weighted by molar-refractivity contribution is 6.64. The second kappa shape index (κ2) is 14.6. The molecule has 0 aliphatic rings. The number of rotatable bonds is 13. The second-order valence-electron chi connectivity index (χ2n) is 10.5. The molecule has 0 unspecified atom stereocenters. The first-order chi connectivity index (χ1) is 21.6. The van der Waals surface area contributed by atoms with Crippen molar-refractivity contribution in [2.24, 2.45) is 0 Å². The van der Waals surface area contributed by atoms with Crippen LogP contribution in [0, 0.1) is 0 Å². The molecule has 0 aliphatic carbocycles. The molecule has 0 spiro atoms. The molecule has 0 atom stereocenters. The Hall–Kier alpha value is -4.05. The van der Waals surface area contributed by atoms with Gasteiger partial charge in [0.15, 0.2) is 0 Å². The molecule has 0 fully saturated rings. The third-order valence-corrected chi connectivity index (χ3v) is 6.60. The van der Waals surface area contributed by atoms with E-state index in [0.717, 1.165) is 17.0 Å². The number of hydrogen-bond donors (Lipinski definition) is 2. The van der Waals surface area contributed by atoms with Crippen LogP contribution < -0.4 is 10.1 Å². The zero-order valence-electron chi connectivity index (χ0n) is 24.7. The van der Waals surface area contributed by atoms with Gasteiger partial charge in [-0.3, -0.25) is 9.89 Å². The molecule has 2 aromatic heterocycles. The van der Waals surface area contributed by atoms with Crippen LogP contribution in [0.5, 0.6) is 5.88 Å². The maximum atomic E-state index is 13.9. The predicted octanol–water partition coefficient (Wildman–Crippen LogP) is 2.46. The van der Waals surface area contributed by atoms with Crippen molar-refractivity contribution in [3.8, 4) is 5.88 Å². The lowest BCUT2D eigenvalue weighted by molar-refractivity contribution is -0.127. The first-order valence-electron chi connectivity index (χ1n) is 14.0. The van der Waals surface area contributed by atoms with Crippen LogP contribution in [0.25, 0.3) is 22.0 Å². The monoisotopic (exact) mass is 609 g/mol. The van der Waals surface area contributed by atoms with Gasteiger partial charge in [-0.15, -0.1) is 0 Å². The number of amides is 1. The number of ether oxygens (including phenoxy) is 1. The topological polar surface area (TPSA) is 83.1 Å². The number of nitrogens with zero attached hydrogens (tertiary/aromatic N) is 3. The minimum Gasteiger partial charge on any atom is -0.476 e. The van der Waals surface area contributed by atoms with E-state index in [9.17, 15) is 18.0 Å². The standard InChI is InChI=1S/C30H24B6F3N5O2/c31-29(32,33)44(30(34,35)36)26(45)7-4-12-40-13-14-46-25-11-9-21(17-41-25)27(20-8-10-24-22(15-20)18-42-43-24)23(16-28(37,38)39)19-5-2-1-3-6-19/h1-11,15,17-18,40H,12-14,16H2,(H,42,43)/b7-4+,27-23-. The van der Waals surface area contributed by atoms with Gasteiger partial charge in [0.05, 0.1) is 65.2 Å². The Bertz CT molecular complexity index is 1670. The van der Waals surface area contributed by atoms with Crippen LogP contribution in [0.1, 0.15) is 23.1 Å². The number of pyridine rings is 1. The number of halogens is 3. The van der Waals surface area contributed by atoms with E-state index in [2.05, 4.69) is 20.5 Å². The number of aromatic nitrogens is 3. The molecule has 2 N–H and O–H groups in total. The third-order valence-electron chi connectivity index (χ3n) is 6.60. The molecule has 0 bridgehead atoms. The first kappa shape index (κ1) is 34.8. The number of allylic oxidation sites excluding steroid dienone is 1. The van der Waals surface area contributed by atoms with Gasteiger partial charge in [-0.25, -0.2) is 4.98 Å². The maximum absolute atomic E-state index is 13.9. The summed E-state index contributed by atoms with van der Waals surface area (Å²) in [6, 6.07) is 17.0. The highest BCUT2D eigenvalue weighted by Crippen LogP contribution is 2.40. The quantitative estimate of drug-likeness (QED) is 0.106. The van der Waals surface area contributed by atoms with Crippen LogP contribution in [0.3, 0.4) is 0 Å². The van der Waals surface area contributed by atoms with Gasteiger partial charge in [-0.2, -0.15) is 18.3 Å². The van der Waals surface area contributed by atoms with E-state index in [1.807, 2.05) is 0 Å². The number of carbonyl (C=O) groups excluding carboxylic acids is 1. The third kappa shape index (κ3) is 9.48. The molecule has 4 aromatic rings. The van der Waals surface area contributed by atoms with Crippen LogP contribution in [-0.4, -0.2) is 109 Å². The molecule has 0 saturated heterocycles. The Labute approximate surface area is 273 Å². The van der Waals surface area contributed by atoms with Crippen molar-refractivity contribution in [2.75, 3.05) is 19.7 Å². The number of benzene rings is 2. The van der Waals surface area contributed by atoms with Gasteiger partial charge in [0, 0.05) is 42.4 Å². The molecule has 0 saturated carbocycles. The Balaban J connectivity index is 1.47. The van der Waals surface area contributed by atoms with Crippen LogP contribution in [0.2, 0.25) is 0 Å². The van der Waals surface area contributed by atoms with Gasteiger partial charge >= 0.3 is 6.18 Å². The van der Waals surface area contributed by atoms with Crippen molar-refractivity contribution in [3.05, 3.63) is 102 Å². The highest BCUT2D eigenvalue weighted by atomic mass is 19.4. The second-order valence-corrected chi connectivity index (χ2v) is 10.5. The molecule has 0 aliphatic heterocycles. The fraction of sp³-hybridized carbons (Fsp3) is 0.233. The Kier molecular flexibility index (Phi) is 11.0. The number of nitrogens with one attached hydrogen (secondary N) is 2. The summed E-state index contributed by atoms with van der Waals surface area (Å²) in [5, 5.41) is 6.30. The smallest absolute Gasteiger partial charge is 0.393 e. The summed E-state index contributed by atoms with van der Waals surface area (Å²) in [4.78, 5) is 17.2. The minimum atomic E-state index is -4.46. The van der Waals surface area contributed by atoms with E-state index in [4.69, 9.17) is 51.8 Å². The molecule has 7 nitrogen and oxygen atoms in total. The molecule has 220 valence electrons. The summed E-state index contributed by atoms with van der Waals surface area (Å²) in [6.07, 6.45) is 0.0535. The van der Waals surface area contributed by atoms with E-state index in [1.165, 1.54) is 12.3 Å². The molecule has 46 heavy (non-hydrogen) atoms. The molecular formula is C30H24B6F3N5O2. The van der Waals surface area contributed by atoms with Crippen molar-refractivity contribution in [1.82, 2.24) is 25.4 Å². The van der Waals surface area contributed by atoms with Gasteiger partial charge in [0.1, 0.15) is 6.61 Å². The summed E-state index contributed by atoms with van der Waals surface area (Å²) in [6.45, 7) is 0.790. The van der Waals surface area contributed by atoms with E-state index in [-0.39, 0.29) is 24.6 Å². The fourth-order valence-corrected chi connectivity index (χ4v) is 4.77. The summed E-state index contributed by atoms with van der Waals surface area (Å²) >= 11 is 0. The Morgan fingerprint density at radius 2 is 1.61 bits per heavy atom. The predicted molar refractivity (Wildman–Crippen MR) is 178 cm³/mol. The summed E-state index contributed by atoms with van der Waals surface area (Å²) in [7, 11) is 33.2. The zero-order valence-corrected chi connectivity index (χ0v) is 24.7. The van der Waals surface area contributed by atoms with Crippen LogP contribution in [-0.2, 0) is 4.79 Å². The normalized spacial score (nSPS) is 13.1. The minimum absolute atomic E-state index is 0.107. The summed E-state index contributed by atoms with van der Waals surface area (Å²) < 4.78 is 47.5. The molecule has 12 radical (unpaired) electrons. The molecule has 4 rings (SSSR count). The van der Waals surface area contributed by atoms with E-state index in [0.29, 0.717) is 33.7 Å². The van der Waals surface area contributed by atoms with Gasteiger partial charge < -0.3 is 15.0 Å². The summed E-state index contributed by atoms with van der Waals surface area (Å²) in [5.74, 6) is -0.532. The van der Waals surface area contributed by atoms with Crippen LogP contribution >= 0.6 is 0 Å². The van der Waals surface area contributed by atoms with Gasteiger partial charge in [-0.05, 0) is 40.5 Å². The largest absolute Gasteiger partial charge is 0.476 e. The van der Waals surface area contributed by atoms with Gasteiger partial charge in [-0.1, -0.05) is 52.9 Å². The molecule has 2 aromatic carbocycles. The summed E-state index contributed by atoms with van der Waals surface area (Å²) in [5.41, 5.74) is 2.76. The first-order valence-corrected chi connectivity index (χ1v) is 14.0. The number of carbonyl (C=O) groups is 1. The van der Waals surface area contributed by atoms with Crippen molar-refractivity contribution < 1.29 is 22.7 Å². The van der Waals surface area contributed by atoms with Crippen molar-refractivity contribution in [3.63, 3.8) is 0 Å². The number of alkyl halides is 3. The maximum Gasteiger partial charge on any atom is 0.393 e. The lowest BCUT2D eigenvalue weighted by Gasteiger charge is -2.48. The van der Waals surface area contributed by atoms with Crippen molar-refractivity contribution >= 4 is 75.0 Å². The number of aromatic amines is 1. The number of hydrogen-bond acceptors (Lipinski definition) is 5. The van der Waals surface area contributed by atoms with Crippen LogP contribution in [0.15, 0.2) is 85.2 Å². The Morgan fingerprint density at radius 1 is 0.913 bits per heavy atom. The Morgan fingerprint density at radius 3 is 2.24 bits per heavy atom. The van der Waals surface area contributed by atoms with Crippen molar-refractivity contribution in [1.29, 1.82) is 0 Å². The molecule has 16 heteroatoms. The SMILES string of the molecule is [B]C([B])([B])N(C(=O)/C=C/CNCCOc1ccc(/C(=C(/CC(F)(F)F)c2ccccc2)c2ccc3[nH]ncc3c2)cn1)C([B])([B])[B]. The van der Waals surface area contributed by atoms with E-state index in [1.54, 1.807) is 66.9 Å². The van der Waals surface area contributed by atoms with Crippen LogP contribution in [0.4, 0.5) is 13.2 Å². The highest BCUT2D eigenvalue weighted by Gasteiger charge is 2.32.